The summed E-state index contributed by atoms with van der Waals surface area (Å²) in [4.78, 5) is 30.7. The van der Waals surface area contributed by atoms with E-state index in [4.69, 9.17) is 4.42 Å². The van der Waals surface area contributed by atoms with E-state index >= 15 is 0 Å². The zero-order valence-electron chi connectivity index (χ0n) is 14.4. The van der Waals surface area contributed by atoms with Crippen molar-refractivity contribution in [2.24, 2.45) is 5.10 Å². The number of hydrogen-bond donors (Lipinski definition) is 1. The molecule has 1 aromatic heterocycles. The molecule has 0 saturated heterocycles. The van der Waals surface area contributed by atoms with E-state index < -0.39 is 26.1 Å². The van der Waals surface area contributed by atoms with E-state index in [0.29, 0.717) is 11.3 Å². The molecule has 3 rings (SSSR count). The zero-order valence-corrected chi connectivity index (χ0v) is 14.4. The number of hydrazone groups is 1. The Morgan fingerprint density at radius 2 is 1.59 bits per heavy atom. The molecule has 0 aliphatic heterocycles. The van der Waals surface area contributed by atoms with Crippen LogP contribution in [0.3, 0.4) is 0 Å². The standard InChI is InChI=1S/C17H11N5O7/c23-20(24)12-3-1-2-11(8-12)17-7-5-14(29-17)10-18-19-15-6-4-13(21(25)26)9-16(15)22(27)28/h1-10,19H/b18-10-. The minimum Gasteiger partial charge on any atom is -0.455 e. The van der Waals surface area contributed by atoms with Crippen LogP contribution in [-0.2, 0) is 0 Å². The maximum Gasteiger partial charge on any atom is 0.301 e. The first-order valence-electron chi connectivity index (χ1n) is 7.92. The zero-order chi connectivity index (χ0) is 21.0. The molecule has 2 aromatic carbocycles. The van der Waals surface area contributed by atoms with Crippen molar-refractivity contribution in [1.29, 1.82) is 0 Å². The van der Waals surface area contributed by atoms with Crippen molar-refractivity contribution in [3.8, 4) is 11.3 Å². The average molecular weight is 397 g/mol. The summed E-state index contributed by atoms with van der Waals surface area (Å²) in [6.07, 6.45) is 1.24. The van der Waals surface area contributed by atoms with E-state index in [9.17, 15) is 30.3 Å². The Labute approximate surface area is 161 Å². The van der Waals surface area contributed by atoms with Gasteiger partial charge in [-0.2, -0.15) is 5.10 Å². The Morgan fingerprint density at radius 1 is 0.862 bits per heavy atom. The first-order valence-corrected chi connectivity index (χ1v) is 7.92. The van der Waals surface area contributed by atoms with Gasteiger partial charge in [0, 0.05) is 23.8 Å². The van der Waals surface area contributed by atoms with Gasteiger partial charge in [-0.3, -0.25) is 35.8 Å². The predicted molar refractivity (Wildman–Crippen MR) is 102 cm³/mol. The van der Waals surface area contributed by atoms with E-state index in [2.05, 4.69) is 10.5 Å². The molecule has 0 atom stereocenters. The third-order valence-electron chi connectivity index (χ3n) is 3.73. The summed E-state index contributed by atoms with van der Waals surface area (Å²) in [5.74, 6) is 0.653. The van der Waals surface area contributed by atoms with E-state index in [1.807, 2.05) is 0 Å². The molecule has 0 amide bonds. The molecule has 0 saturated carbocycles. The number of nitrogens with one attached hydrogen (secondary N) is 1. The maximum atomic E-state index is 11.1. The van der Waals surface area contributed by atoms with Crippen molar-refractivity contribution in [3.05, 3.63) is 90.7 Å². The third kappa shape index (κ3) is 4.39. The second-order valence-electron chi connectivity index (χ2n) is 5.60. The molecule has 0 fully saturated rings. The van der Waals surface area contributed by atoms with Gasteiger partial charge in [-0.25, -0.2) is 0 Å². The monoisotopic (exact) mass is 397 g/mol. The summed E-state index contributed by atoms with van der Waals surface area (Å²) >= 11 is 0. The normalized spacial score (nSPS) is 10.8. The number of nitro groups is 3. The van der Waals surface area contributed by atoms with Crippen molar-refractivity contribution in [2.75, 3.05) is 5.43 Å². The lowest BCUT2D eigenvalue weighted by molar-refractivity contribution is -0.393. The minimum absolute atomic E-state index is 0.0395. The molecular formula is C17H11N5O7. The molecule has 146 valence electrons. The lowest BCUT2D eigenvalue weighted by Crippen LogP contribution is -1.98. The van der Waals surface area contributed by atoms with Crippen molar-refractivity contribution in [1.82, 2.24) is 0 Å². The highest BCUT2D eigenvalue weighted by Crippen LogP contribution is 2.29. The second-order valence-corrected chi connectivity index (χ2v) is 5.60. The van der Waals surface area contributed by atoms with Crippen LogP contribution >= 0.6 is 0 Å². The van der Waals surface area contributed by atoms with Crippen LogP contribution in [0.5, 0.6) is 0 Å². The first kappa shape index (κ1) is 19.2. The van der Waals surface area contributed by atoms with Crippen molar-refractivity contribution < 1.29 is 19.2 Å². The molecule has 3 aromatic rings. The Morgan fingerprint density at radius 3 is 2.28 bits per heavy atom. The minimum atomic E-state index is -0.766. The summed E-state index contributed by atoms with van der Waals surface area (Å²) in [7, 11) is 0. The fraction of sp³-hybridized carbons (Fsp3) is 0. The van der Waals surface area contributed by atoms with Gasteiger partial charge >= 0.3 is 5.69 Å². The Kier molecular flexibility index (Phi) is 5.26. The van der Waals surface area contributed by atoms with Crippen LogP contribution in [0.1, 0.15) is 5.76 Å². The fourth-order valence-electron chi connectivity index (χ4n) is 2.39. The van der Waals surface area contributed by atoms with Crippen LogP contribution in [0.4, 0.5) is 22.7 Å². The van der Waals surface area contributed by atoms with Gasteiger partial charge in [-0.15, -0.1) is 0 Å². The number of nitrogens with zero attached hydrogens (tertiary/aromatic N) is 4. The summed E-state index contributed by atoms with van der Waals surface area (Å²) in [5.41, 5.74) is 1.89. The molecular weight excluding hydrogens is 386 g/mol. The molecule has 0 spiro atoms. The molecule has 0 aliphatic carbocycles. The number of nitro benzene ring substituents is 3. The molecule has 1 heterocycles. The first-order chi connectivity index (χ1) is 13.8. The van der Waals surface area contributed by atoms with Gasteiger partial charge in [0.25, 0.3) is 11.4 Å². The number of benzene rings is 2. The Balaban J connectivity index is 1.77. The quantitative estimate of drug-likeness (QED) is 0.353. The second kappa shape index (κ2) is 7.96. The SMILES string of the molecule is O=[N+]([O-])c1cccc(-c2ccc(/C=N\Nc3ccc([N+](=O)[O-])cc3[N+](=O)[O-])o2)c1. The summed E-state index contributed by atoms with van der Waals surface area (Å²) in [6, 6.07) is 12.1. The lowest BCUT2D eigenvalue weighted by Gasteiger charge is -2.01. The summed E-state index contributed by atoms with van der Waals surface area (Å²) < 4.78 is 5.54. The van der Waals surface area contributed by atoms with E-state index in [1.165, 1.54) is 30.5 Å². The molecule has 0 radical (unpaired) electrons. The molecule has 0 bridgehead atoms. The molecule has 12 heteroatoms. The Bertz CT molecular complexity index is 1140. The van der Waals surface area contributed by atoms with Gasteiger partial charge in [0.05, 0.1) is 27.1 Å². The number of hydrogen-bond acceptors (Lipinski definition) is 9. The smallest absolute Gasteiger partial charge is 0.301 e. The highest BCUT2D eigenvalue weighted by Gasteiger charge is 2.19. The molecule has 12 nitrogen and oxygen atoms in total. The van der Waals surface area contributed by atoms with Gasteiger partial charge in [-0.05, 0) is 18.2 Å². The summed E-state index contributed by atoms with van der Waals surface area (Å²) in [6.45, 7) is 0. The van der Waals surface area contributed by atoms with E-state index in [1.54, 1.807) is 18.2 Å². The van der Waals surface area contributed by atoms with Crippen molar-refractivity contribution in [2.45, 2.75) is 0 Å². The van der Waals surface area contributed by atoms with Crippen LogP contribution in [0.2, 0.25) is 0 Å². The van der Waals surface area contributed by atoms with Crippen molar-refractivity contribution in [3.63, 3.8) is 0 Å². The van der Waals surface area contributed by atoms with Crippen LogP contribution in [-0.4, -0.2) is 21.0 Å². The predicted octanol–water partition coefficient (Wildman–Crippen LogP) is 4.12. The Hall–Kier alpha value is -4.61. The molecule has 29 heavy (non-hydrogen) atoms. The number of anilines is 1. The largest absolute Gasteiger partial charge is 0.455 e. The van der Waals surface area contributed by atoms with E-state index in [-0.39, 0.29) is 17.1 Å². The van der Waals surface area contributed by atoms with Gasteiger partial charge in [0.2, 0.25) is 0 Å². The van der Waals surface area contributed by atoms with Crippen molar-refractivity contribution >= 4 is 29.0 Å². The third-order valence-corrected chi connectivity index (χ3v) is 3.73. The molecule has 0 aliphatic rings. The molecule has 0 unspecified atom stereocenters. The van der Waals surface area contributed by atoms with E-state index in [0.717, 1.165) is 12.1 Å². The van der Waals surface area contributed by atoms with Crippen LogP contribution in [0.25, 0.3) is 11.3 Å². The fourth-order valence-corrected chi connectivity index (χ4v) is 2.39. The van der Waals surface area contributed by atoms with Gasteiger partial charge in [0.15, 0.2) is 0 Å². The number of furan rings is 1. The van der Waals surface area contributed by atoms with Crippen LogP contribution in [0, 0.1) is 30.3 Å². The topological polar surface area (TPSA) is 167 Å². The maximum absolute atomic E-state index is 11.1. The van der Waals surface area contributed by atoms with Crippen LogP contribution < -0.4 is 5.43 Å². The summed E-state index contributed by atoms with van der Waals surface area (Å²) in [5, 5.41) is 36.5. The van der Waals surface area contributed by atoms with Gasteiger partial charge in [-0.1, -0.05) is 12.1 Å². The van der Waals surface area contributed by atoms with Crippen LogP contribution in [0.15, 0.2) is 64.1 Å². The number of non-ortho nitro benzene ring substituents is 2. The average Bonchev–Trinajstić information content (AvgIpc) is 3.17. The lowest BCUT2D eigenvalue weighted by atomic mass is 10.1. The van der Waals surface area contributed by atoms with Gasteiger partial charge < -0.3 is 4.42 Å². The molecule has 1 N–H and O–H groups in total. The highest BCUT2D eigenvalue weighted by molar-refractivity contribution is 5.79. The number of rotatable bonds is 7. The highest BCUT2D eigenvalue weighted by atomic mass is 16.6. The van der Waals surface area contributed by atoms with Gasteiger partial charge in [0.1, 0.15) is 17.2 Å².